The molecule has 0 atom stereocenters. The number of aromatic amines is 1. The van der Waals surface area contributed by atoms with Gasteiger partial charge in [0.15, 0.2) is 11.4 Å². The van der Waals surface area contributed by atoms with E-state index in [1.165, 1.54) is 14.2 Å². The van der Waals surface area contributed by atoms with Crippen LogP contribution in [0.3, 0.4) is 0 Å². The first-order valence-electron chi connectivity index (χ1n) is 12.4. The first-order chi connectivity index (χ1) is 20.7. The lowest BCUT2D eigenvalue weighted by Gasteiger charge is -2.03. The Morgan fingerprint density at radius 2 is 1.47 bits per heavy atom. The topological polar surface area (TPSA) is 165 Å². The molecule has 0 saturated carbocycles. The molecule has 4 aromatic heterocycles. The average molecular weight is 804 g/mol. The molecule has 0 radical (unpaired) electrons. The molecule has 3 N–H and O–H groups in total. The number of nitrogens with one attached hydrogen (secondary N) is 1. The van der Waals surface area contributed by atoms with E-state index in [1.807, 2.05) is 30.3 Å². The zero-order valence-electron chi connectivity index (χ0n) is 22.7. The number of rotatable bonds is 4. The molecule has 0 aliphatic rings. The van der Waals surface area contributed by atoms with Gasteiger partial charge in [0.2, 0.25) is 0 Å². The Hall–Kier alpha value is -3.94. The molecule has 15 heteroatoms. The lowest BCUT2D eigenvalue weighted by atomic mass is 9.81. The van der Waals surface area contributed by atoms with E-state index < -0.39 is 19.1 Å². The van der Waals surface area contributed by atoms with Crippen molar-refractivity contribution in [1.29, 1.82) is 0 Å². The summed E-state index contributed by atoms with van der Waals surface area (Å²) in [5.41, 5.74) is 3.50. The lowest BCUT2D eigenvalue weighted by Crippen LogP contribution is -2.29. The molecule has 0 aliphatic heterocycles. The molecule has 0 unspecified atom stereocenters. The largest absolute Gasteiger partial charge is 0.488 e. The molecule has 6 rings (SSSR count). The number of carbonyl (C=O) groups is 2. The highest BCUT2D eigenvalue weighted by Gasteiger charge is 2.18. The number of H-pyrrole nitrogens is 1. The van der Waals surface area contributed by atoms with E-state index in [2.05, 4.69) is 75.2 Å². The molecule has 12 nitrogen and oxygen atoms in total. The summed E-state index contributed by atoms with van der Waals surface area (Å²) in [6.07, 6.45) is 6.53. The predicted molar refractivity (Wildman–Crippen MR) is 177 cm³/mol. The number of nitrogens with zero attached hydrogens (tertiary/aromatic N) is 5. The average Bonchev–Trinajstić information content (AvgIpc) is 3.63. The first-order valence-corrected chi connectivity index (χ1v) is 14.5. The fourth-order valence-electron chi connectivity index (χ4n) is 3.80. The first kappa shape index (κ1) is 32.0. The van der Waals surface area contributed by atoms with Crippen LogP contribution < -0.4 is 5.46 Å². The van der Waals surface area contributed by atoms with E-state index in [0.29, 0.717) is 16.9 Å². The second kappa shape index (κ2) is 15.0. The number of esters is 2. The van der Waals surface area contributed by atoms with Gasteiger partial charge in [0, 0.05) is 30.3 Å². The second-order valence-corrected chi connectivity index (χ2v) is 11.0. The van der Waals surface area contributed by atoms with Crippen molar-refractivity contribution in [3.05, 3.63) is 104 Å². The van der Waals surface area contributed by atoms with Gasteiger partial charge in [-0.2, -0.15) is 10.2 Å². The van der Waals surface area contributed by atoms with Crippen molar-refractivity contribution in [3.63, 3.8) is 0 Å². The highest BCUT2D eigenvalue weighted by atomic mass is 127. The standard InChI is InChI=1S/C14H10IN3O2.C8H7N3O2.C6H6BIO2/c1-20-14(19)13-11-5-6-16-8-12(11)18(17-13)10-4-2-3-9(15)7-10;1-13-8(12)7-5-2-3-9-4-6(5)10-11-7;8-6-3-1-2-5(4-6)7(9)10/h2-8H,1H3;2-4H,1H3,(H,10,11);1-4,9-10H. The molecule has 6 aromatic rings. The van der Waals surface area contributed by atoms with Crippen molar-refractivity contribution in [1.82, 2.24) is 29.9 Å². The molecule has 0 saturated heterocycles. The van der Waals surface area contributed by atoms with Gasteiger partial charge in [0.1, 0.15) is 0 Å². The van der Waals surface area contributed by atoms with Crippen LogP contribution in [0, 0.1) is 7.14 Å². The predicted octanol–water partition coefficient (Wildman–Crippen LogP) is 3.53. The van der Waals surface area contributed by atoms with Crippen LogP contribution >= 0.6 is 45.2 Å². The minimum atomic E-state index is -1.35. The summed E-state index contributed by atoms with van der Waals surface area (Å²) >= 11 is 4.35. The Labute approximate surface area is 272 Å². The van der Waals surface area contributed by atoms with Crippen LogP contribution in [0.1, 0.15) is 21.0 Å². The van der Waals surface area contributed by atoms with Crippen molar-refractivity contribution in [2.75, 3.05) is 14.2 Å². The number of carbonyl (C=O) groups excluding carboxylic acids is 2. The van der Waals surface area contributed by atoms with Crippen LogP contribution in [0.15, 0.2) is 85.5 Å². The van der Waals surface area contributed by atoms with Crippen LogP contribution in [0.5, 0.6) is 0 Å². The van der Waals surface area contributed by atoms with E-state index in [9.17, 15) is 9.59 Å². The number of aromatic nitrogens is 6. The minimum absolute atomic E-state index is 0.292. The zero-order valence-corrected chi connectivity index (χ0v) is 27.0. The molecule has 0 bridgehead atoms. The molecule has 218 valence electrons. The third-order valence-corrected chi connectivity index (χ3v) is 7.15. The van der Waals surface area contributed by atoms with Crippen LogP contribution in [-0.4, -0.2) is 73.3 Å². The number of ether oxygens (including phenoxy) is 2. The molecule has 0 aliphatic carbocycles. The molecular weight excluding hydrogens is 781 g/mol. The van der Waals surface area contributed by atoms with Gasteiger partial charge in [-0.25, -0.2) is 14.3 Å². The maximum Gasteiger partial charge on any atom is 0.488 e. The molecule has 0 amide bonds. The van der Waals surface area contributed by atoms with Gasteiger partial charge in [-0.3, -0.25) is 15.1 Å². The molecule has 0 fully saturated rings. The summed E-state index contributed by atoms with van der Waals surface area (Å²) in [5, 5.41) is 29.7. The number of pyridine rings is 2. The van der Waals surface area contributed by atoms with Gasteiger partial charge in [0.25, 0.3) is 0 Å². The highest BCUT2D eigenvalue weighted by molar-refractivity contribution is 14.1. The number of hydrogen-bond donors (Lipinski definition) is 3. The van der Waals surface area contributed by atoms with Gasteiger partial charge in [-0.15, -0.1) is 0 Å². The van der Waals surface area contributed by atoms with Crippen molar-refractivity contribution < 1.29 is 29.1 Å². The van der Waals surface area contributed by atoms with Crippen LogP contribution in [-0.2, 0) is 9.47 Å². The maximum atomic E-state index is 11.8. The molecule has 2 aromatic carbocycles. The van der Waals surface area contributed by atoms with E-state index in [4.69, 9.17) is 14.8 Å². The monoisotopic (exact) mass is 804 g/mol. The molecular formula is C28H23BI2N6O6. The van der Waals surface area contributed by atoms with Crippen molar-refractivity contribution >= 4 is 91.5 Å². The maximum absolute atomic E-state index is 11.8. The smallest absolute Gasteiger partial charge is 0.464 e. The normalized spacial score (nSPS) is 10.3. The van der Waals surface area contributed by atoms with Crippen molar-refractivity contribution in [2.24, 2.45) is 0 Å². The fourth-order valence-corrected chi connectivity index (χ4v) is 4.89. The summed E-state index contributed by atoms with van der Waals surface area (Å²) < 4.78 is 13.1. The Bertz CT molecular complexity index is 1880. The third kappa shape index (κ3) is 7.92. The van der Waals surface area contributed by atoms with Gasteiger partial charge in [0.05, 0.1) is 43.3 Å². The number of fused-ring (bicyclic) bond motifs is 2. The Balaban J connectivity index is 0.000000159. The molecule has 0 spiro atoms. The number of methoxy groups -OCH3 is 2. The lowest BCUT2D eigenvalue weighted by molar-refractivity contribution is 0.0587. The summed E-state index contributed by atoms with van der Waals surface area (Å²) in [7, 11) is 1.32. The third-order valence-electron chi connectivity index (χ3n) is 5.80. The summed E-state index contributed by atoms with van der Waals surface area (Å²) in [5.74, 6) is -0.900. The van der Waals surface area contributed by atoms with E-state index in [-0.39, 0.29) is 0 Å². The molecule has 4 heterocycles. The fraction of sp³-hybridized carbons (Fsp3) is 0.0714. The van der Waals surface area contributed by atoms with Crippen molar-refractivity contribution in [3.8, 4) is 5.69 Å². The summed E-state index contributed by atoms with van der Waals surface area (Å²) in [4.78, 5) is 31.0. The summed E-state index contributed by atoms with van der Waals surface area (Å²) in [6, 6.07) is 18.4. The number of benzene rings is 2. The molecule has 43 heavy (non-hydrogen) atoms. The minimum Gasteiger partial charge on any atom is -0.464 e. The number of hydrogen-bond acceptors (Lipinski definition) is 10. The number of halogens is 2. The Morgan fingerprint density at radius 3 is 2.09 bits per heavy atom. The van der Waals surface area contributed by atoms with Gasteiger partial charge < -0.3 is 19.5 Å². The van der Waals surface area contributed by atoms with E-state index >= 15 is 0 Å². The van der Waals surface area contributed by atoms with Crippen molar-refractivity contribution in [2.45, 2.75) is 0 Å². The van der Waals surface area contributed by atoms with E-state index in [1.54, 1.807) is 59.8 Å². The van der Waals surface area contributed by atoms with Crippen LogP contribution in [0.2, 0.25) is 0 Å². The highest BCUT2D eigenvalue weighted by Crippen LogP contribution is 2.22. The van der Waals surface area contributed by atoms with Crippen LogP contribution in [0.25, 0.3) is 27.5 Å². The Kier molecular flexibility index (Phi) is 11.2. The van der Waals surface area contributed by atoms with Gasteiger partial charge in [-0.1, -0.05) is 18.2 Å². The summed E-state index contributed by atoms with van der Waals surface area (Å²) in [6.45, 7) is 0. The Morgan fingerprint density at radius 1 is 0.837 bits per heavy atom. The van der Waals surface area contributed by atoms with Crippen LogP contribution in [0.4, 0.5) is 0 Å². The SMILES string of the molecule is COC(=O)c1n[nH]c2cnccc12.COC(=O)c1nn(-c2cccc(I)c2)c2cnccc12.OB(O)c1cccc(I)c1. The zero-order chi connectivity index (χ0) is 30.9. The van der Waals surface area contributed by atoms with Gasteiger partial charge >= 0.3 is 19.1 Å². The quantitative estimate of drug-likeness (QED) is 0.137. The van der Waals surface area contributed by atoms with E-state index in [0.717, 1.165) is 34.6 Å². The van der Waals surface area contributed by atoms with Gasteiger partial charge in [-0.05, 0) is 93.1 Å². The second-order valence-electron chi connectivity index (χ2n) is 8.54.